The van der Waals surface area contributed by atoms with Gasteiger partial charge in [0.25, 0.3) is 5.91 Å². The lowest BCUT2D eigenvalue weighted by Crippen LogP contribution is -2.67. The van der Waals surface area contributed by atoms with Crippen LogP contribution in [0.5, 0.6) is 0 Å². The van der Waals surface area contributed by atoms with Crippen molar-refractivity contribution in [2.45, 2.75) is 154 Å². The van der Waals surface area contributed by atoms with E-state index < -0.39 is 141 Å². The summed E-state index contributed by atoms with van der Waals surface area (Å²) >= 11 is 0. The Morgan fingerprint density at radius 3 is 1.98 bits per heavy atom. The fraction of sp³-hybridized carbons (Fsp3) is 0.969. The summed E-state index contributed by atoms with van der Waals surface area (Å²) in [5, 5.41) is 90.7. The molecule has 320 valence electrons. The third kappa shape index (κ3) is 10.3. The first-order valence-corrected chi connectivity index (χ1v) is 18.8. The molecule has 5 fully saturated rings. The van der Waals surface area contributed by atoms with E-state index in [0.29, 0.717) is 12.5 Å². The first-order valence-electron chi connectivity index (χ1n) is 18.8. The van der Waals surface area contributed by atoms with E-state index >= 15 is 0 Å². The van der Waals surface area contributed by atoms with E-state index in [9.17, 15) is 45.6 Å². The van der Waals surface area contributed by atoms with E-state index in [1.165, 1.54) is 0 Å². The standard InChI is InChI=1S/C32H62N8O15/c33-5-16(43)22(45)29(49)40-14-3-12(36)26(53-30-13(37)4-15(42)18(51-30)8-39-7-10-1-11(35)2-10)28(21(14)44)55-32-25(48)27(19(9-41)52-32)54-31-20(38)24(47)23(46)17(6-34)50-31/h10-28,30-32,39,41-48H,1-9,33-38H2,(H,40,49)/t10?,11?,12-,13+,14+,15-,16+,17-,18+,19+,20+,21-,22?,23+,24+,25+,26+,27+,28+,30+,31+,32-/m0/s1. The van der Waals surface area contributed by atoms with Crippen LogP contribution in [0.3, 0.4) is 0 Å². The van der Waals surface area contributed by atoms with Crippen molar-refractivity contribution in [3.8, 4) is 0 Å². The molecule has 23 heteroatoms. The van der Waals surface area contributed by atoms with E-state index in [2.05, 4.69) is 10.6 Å². The van der Waals surface area contributed by atoms with Crippen LogP contribution >= 0.6 is 0 Å². The third-order valence-corrected chi connectivity index (χ3v) is 11.2. The zero-order chi connectivity index (χ0) is 40.3. The fourth-order valence-electron chi connectivity index (χ4n) is 7.76. The number of nitrogens with two attached hydrogens (primary N) is 6. The fourth-order valence-corrected chi connectivity index (χ4v) is 7.76. The SMILES string of the molecule is NC[C@@H](O)C(O)C(=O)N[C@@H]1C[C@H](N)[C@@H](O[C@H]2O[C@H](CNCC3CC(N)C3)[C@@H](O)C[C@H]2N)[C@H](O[C@@H]2O[C@H](CO)[C@@H](O[C@H]3O[C@@H](CN)[C@@H](O)[C@H](O)[C@H]3N)[C@H]2O)[C@H]1O. The molecule has 3 heterocycles. The van der Waals surface area contributed by atoms with Crippen LogP contribution in [0.15, 0.2) is 0 Å². The average molecular weight is 799 g/mol. The lowest BCUT2D eigenvalue weighted by atomic mass is 9.81. The van der Waals surface area contributed by atoms with Gasteiger partial charge in [0.2, 0.25) is 0 Å². The number of aliphatic hydroxyl groups excluding tert-OH is 8. The first-order chi connectivity index (χ1) is 26.1. The van der Waals surface area contributed by atoms with Crippen LogP contribution in [0.1, 0.15) is 25.7 Å². The van der Waals surface area contributed by atoms with E-state index in [4.69, 9.17) is 62.8 Å². The number of hydrogen-bond acceptors (Lipinski definition) is 22. The summed E-state index contributed by atoms with van der Waals surface area (Å²) in [5.74, 6) is -0.647. The normalized spacial score (nSPS) is 47.5. The molecule has 2 saturated carbocycles. The number of nitrogens with one attached hydrogen (secondary N) is 2. The number of aliphatic hydroxyl groups is 8. The van der Waals surface area contributed by atoms with Gasteiger partial charge in [-0.05, 0) is 38.1 Å². The lowest BCUT2D eigenvalue weighted by Gasteiger charge is -2.47. The summed E-state index contributed by atoms with van der Waals surface area (Å²) in [4.78, 5) is 12.8. The maximum atomic E-state index is 12.8. The van der Waals surface area contributed by atoms with Crippen molar-refractivity contribution in [2.24, 2.45) is 40.3 Å². The molecule has 5 rings (SSSR count). The van der Waals surface area contributed by atoms with E-state index in [-0.39, 0.29) is 32.0 Å². The second kappa shape index (κ2) is 19.6. The van der Waals surface area contributed by atoms with E-state index in [1.54, 1.807) is 0 Å². The highest BCUT2D eigenvalue weighted by Gasteiger charge is 2.54. The molecule has 3 aliphatic heterocycles. The number of hydrogen-bond donors (Lipinski definition) is 16. The molecule has 0 aromatic rings. The van der Waals surface area contributed by atoms with Gasteiger partial charge in [0.05, 0.1) is 36.9 Å². The Morgan fingerprint density at radius 1 is 0.709 bits per heavy atom. The van der Waals surface area contributed by atoms with Crippen molar-refractivity contribution >= 4 is 5.91 Å². The Kier molecular flexibility index (Phi) is 15.9. The molecule has 23 nitrogen and oxygen atoms in total. The van der Waals surface area contributed by atoms with Crippen molar-refractivity contribution in [1.82, 2.24) is 10.6 Å². The predicted molar refractivity (Wildman–Crippen MR) is 187 cm³/mol. The van der Waals surface area contributed by atoms with Crippen LogP contribution in [0.25, 0.3) is 0 Å². The van der Waals surface area contributed by atoms with Gasteiger partial charge in [-0.3, -0.25) is 4.79 Å². The number of amides is 1. The summed E-state index contributed by atoms with van der Waals surface area (Å²) in [6.45, 7) is -0.398. The molecule has 1 amide bonds. The predicted octanol–water partition coefficient (Wildman–Crippen LogP) is -9.66. The van der Waals surface area contributed by atoms with Gasteiger partial charge in [0, 0.05) is 31.7 Å². The summed E-state index contributed by atoms with van der Waals surface area (Å²) < 4.78 is 35.9. The maximum Gasteiger partial charge on any atom is 0.251 e. The molecular formula is C32H62N8O15. The molecule has 0 aromatic heterocycles. The highest BCUT2D eigenvalue weighted by Crippen LogP contribution is 2.35. The molecule has 0 bridgehead atoms. The highest BCUT2D eigenvalue weighted by atomic mass is 16.8. The zero-order valence-corrected chi connectivity index (χ0v) is 30.5. The molecule has 0 aromatic carbocycles. The Bertz CT molecular complexity index is 1220. The summed E-state index contributed by atoms with van der Waals surface area (Å²) in [6, 6.07) is -4.22. The number of carbonyl (C=O) groups excluding carboxylic acids is 1. The minimum absolute atomic E-state index is 0.0884. The number of carbonyl (C=O) groups is 1. The quantitative estimate of drug-likeness (QED) is 0.0689. The Hall–Kier alpha value is -1.37. The van der Waals surface area contributed by atoms with Crippen molar-refractivity contribution in [3.63, 3.8) is 0 Å². The van der Waals surface area contributed by atoms with Crippen molar-refractivity contribution in [2.75, 3.05) is 32.8 Å². The Labute approximate surface area is 317 Å². The molecule has 20 atom stereocenters. The number of ether oxygens (including phenoxy) is 6. The van der Waals surface area contributed by atoms with Crippen molar-refractivity contribution < 1.29 is 74.1 Å². The molecule has 2 aliphatic carbocycles. The summed E-state index contributed by atoms with van der Waals surface area (Å²) in [5.41, 5.74) is 35.9. The smallest absolute Gasteiger partial charge is 0.251 e. The summed E-state index contributed by atoms with van der Waals surface area (Å²) in [7, 11) is 0. The Morgan fingerprint density at radius 2 is 1.35 bits per heavy atom. The van der Waals surface area contributed by atoms with Gasteiger partial charge in [0.1, 0.15) is 61.0 Å². The van der Waals surface area contributed by atoms with Gasteiger partial charge in [-0.25, -0.2) is 0 Å². The van der Waals surface area contributed by atoms with E-state index in [1.807, 2.05) is 0 Å². The highest BCUT2D eigenvalue weighted by molar-refractivity contribution is 5.81. The minimum Gasteiger partial charge on any atom is -0.394 e. The average Bonchev–Trinajstić information content (AvgIpc) is 3.44. The van der Waals surface area contributed by atoms with Gasteiger partial charge in [-0.15, -0.1) is 0 Å². The Balaban J connectivity index is 1.32. The first kappa shape index (κ1) is 44.7. The van der Waals surface area contributed by atoms with Crippen LogP contribution in [-0.4, -0.2) is 208 Å². The van der Waals surface area contributed by atoms with Crippen LogP contribution in [-0.2, 0) is 33.2 Å². The summed E-state index contributed by atoms with van der Waals surface area (Å²) in [6.07, 6.45) is -20.6. The topological polar surface area (TPSA) is 414 Å². The second-order valence-electron chi connectivity index (χ2n) is 15.4. The number of rotatable bonds is 16. The van der Waals surface area contributed by atoms with Gasteiger partial charge in [0.15, 0.2) is 25.0 Å². The van der Waals surface area contributed by atoms with Crippen LogP contribution in [0, 0.1) is 5.92 Å². The largest absolute Gasteiger partial charge is 0.394 e. The molecule has 0 radical (unpaired) electrons. The molecule has 5 aliphatic rings. The molecule has 22 N–H and O–H groups in total. The molecule has 0 spiro atoms. The monoisotopic (exact) mass is 798 g/mol. The lowest BCUT2D eigenvalue weighted by molar-refractivity contribution is -0.296. The molecule has 55 heavy (non-hydrogen) atoms. The minimum atomic E-state index is -1.94. The van der Waals surface area contributed by atoms with Crippen LogP contribution in [0.2, 0.25) is 0 Å². The zero-order valence-electron chi connectivity index (χ0n) is 30.5. The van der Waals surface area contributed by atoms with Gasteiger partial charge >= 0.3 is 0 Å². The van der Waals surface area contributed by atoms with Crippen LogP contribution in [0.4, 0.5) is 0 Å². The van der Waals surface area contributed by atoms with Gasteiger partial charge in [-0.1, -0.05) is 0 Å². The maximum absolute atomic E-state index is 12.8. The molecule has 3 saturated heterocycles. The van der Waals surface area contributed by atoms with Crippen LogP contribution < -0.4 is 45.0 Å². The van der Waals surface area contributed by atoms with Gasteiger partial charge in [-0.2, -0.15) is 0 Å². The van der Waals surface area contributed by atoms with Gasteiger partial charge < -0.3 is 114 Å². The second-order valence-corrected chi connectivity index (χ2v) is 15.4. The van der Waals surface area contributed by atoms with Crippen molar-refractivity contribution in [3.05, 3.63) is 0 Å². The molecular weight excluding hydrogens is 736 g/mol. The molecule has 1 unspecified atom stereocenters. The third-order valence-electron chi connectivity index (χ3n) is 11.2. The van der Waals surface area contributed by atoms with E-state index in [0.717, 1.165) is 12.8 Å². The van der Waals surface area contributed by atoms with Crippen molar-refractivity contribution in [1.29, 1.82) is 0 Å².